The van der Waals surface area contributed by atoms with Crippen molar-refractivity contribution in [2.45, 2.75) is 42.6 Å². The number of hydrogen-bond acceptors (Lipinski definition) is 9. The van der Waals surface area contributed by atoms with Crippen LogP contribution in [0.3, 0.4) is 0 Å². The average molecular weight is 573 g/mol. The van der Waals surface area contributed by atoms with Crippen LogP contribution in [-0.4, -0.2) is 45.6 Å². The summed E-state index contributed by atoms with van der Waals surface area (Å²) in [5, 5.41) is 14.9. The van der Waals surface area contributed by atoms with Crippen LogP contribution in [0.4, 0.5) is 16.5 Å². The molecule has 0 fully saturated rings. The number of nitro benzene ring substituents is 1. The highest BCUT2D eigenvalue weighted by Crippen LogP contribution is 2.32. The molecule has 3 aromatic rings. The van der Waals surface area contributed by atoms with Crippen molar-refractivity contribution in [3.05, 3.63) is 57.9 Å². The zero-order valence-corrected chi connectivity index (χ0v) is 23.3. The molecule has 9 nitrogen and oxygen atoms in total. The Morgan fingerprint density at radius 1 is 1.22 bits per heavy atom. The van der Waals surface area contributed by atoms with E-state index in [2.05, 4.69) is 36.1 Å². The number of amides is 1. The van der Waals surface area contributed by atoms with Gasteiger partial charge in [-0.2, -0.15) is 0 Å². The summed E-state index contributed by atoms with van der Waals surface area (Å²) in [4.78, 5) is 34.1. The number of thiazole rings is 1. The van der Waals surface area contributed by atoms with Gasteiger partial charge in [0, 0.05) is 36.3 Å². The number of oxazole rings is 1. The van der Waals surface area contributed by atoms with Crippen molar-refractivity contribution in [3.63, 3.8) is 0 Å². The number of benzene rings is 1. The number of nitrogens with one attached hydrogen (secondary N) is 1. The number of nitro groups is 1. The molecule has 0 bridgehead atoms. The molecule has 36 heavy (non-hydrogen) atoms. The van der Waals surface area contributed by atoms with E-state index < -0.39 is 4.92 Å². The molecule has 2 heterocycles. The van der Waals surface area contributed by atoms with Crippen molar-refractivity contribution >= 4 is 68.7 Å². The quantitative estimate of drug-likeness (QED) is 0.120. The highest BCUT2D eigenvalue weighted by atomic mass is 35.5. The van der Waals surface area contributed by atoms with Crippen LogP contribution in [0.25, 0.3) is 0 Å². The summed E-state index contributed by atoms with van der Waals surface area (Å²) >= 11 is 14.5. The molecule has 0 saturated heterocycles. The lowest BCUT2D eigenvalue weighted by molar-refractivity contribution is -0.384. The summed E-state index contributed by atoms with van der Waals surface area (Å²) in [5.74, 6) is 2.30. The van der Waals surface area contributed by atoms with Crippen molar-refractivity contribution in [2.75, 3.05) is 35.1 Å². The second-order valence-electron chi connectivity index (χ2n) is 8.81. The molecule has 1 N–H and O–H groups in total. The number of anilines is 2. The van der Waals surface area contributed by atoms with Gasteiger partial charge in [-0.1, -0.05) is 38.2 Å². The number of carbonyl (C=O) groups is 1. The van der Waals surface area contributed by atoms with Crippen molar-refractivity contribution in [1.29, 1.82) is 0 Å². The van der Waals surface area contributed by atoms with Crippen molar-refractivity contribution in [1.82, 2.24) is 9.97 Å². The molecule has 0 aliphatic rings. The van der Waals surface area contributed by atoms with Crippen LogP contribution in [0.5, 0.6) is 0 Å². The third-order valence-electron chi connectivity index (χ3n) is 5.01. The van der Waals surface area contributed by atoms with E-state index in [0.29, 0.717) is 52.9 Å². The minimum absolute atomic E-state index is 0.0277. The molecule has 1 aromatic carbocycles. The minimum Gasteiger partial charge on any atom is -0.444 e. The lowest BCUT2D eigenvalue weighted by Crippen LogP contribution is -2.28. The number of hydrogen-bond donors (Lipinski definition) is 1. The maximum absolute atomic E-state index is 12.6. The van der Waals surface area contributed by atoms with Gasteiger partial charge < -0.3 is 14.6 Å². The third-order valence-corrected chi connectivity index (χ3v) is 7.44. The SMILES string of the molecule is CC(C)(C)c1cnc(CSc2cnc(NC(=O)Cc3ccc(N(CCCl)CCCl)c([N+](=O)[O-])c3)s2)o1. The Morgan fingerprint density at radius 2 is 1.94 bits per heavy atom. The van der Waals surface area contributed by atoms with E-state index in [4.69, 9.17) is 27.6 Å². The maximum atomic E-state index is 12.6. The Labute approximate surface area is 227 Å². The van der Waals surface area contributed by atoms with E-state index >= 15 is 0 Å². The number of alkyl halides is 2. The number of aromatic nitrogens is 2. The lowest BCUT2D eigenvalue weighted by atomic mass is 9.94. The Bertz CT molecular complexity index is 1190. The van der Waals surface area contributed by atoms with Crippen molar-refractivity contribution in [2.24, 2.45) is 0 Å². The number of carbonyl (C=O) groups excluding carboxylic acids is 1. The fraction of sp³-hybridized carbons (Fsp3) is 0.435. The molecule has 0 aliphatic heterocycles. The molecular weight excluding hydrogens is 545 g/mol. The van der Waals surface area contributed by atoms with Gasteiger partial charge in [0.25, 0.3) is 5.69 Å². The predicted octanol–water partition coefficient (Wildman–Crippen LogP) is 6.09. The molecule has 3 rings (SSSR count). The van der Waals surface area contributed by atoms with E-state index in [1.54, 1.807) is 29.4 Å². The van der Waals surface area contributed by atoms with Gasteiger partial charge in [0.2, 0.25) is 11.8 Å². The van der Waals surface area contributed by atoms with Gasteiger partial charge >= 0.3 is 0 Å². The lowest BCUT2D eigenvalue weighted by Gasteiger charge is -2.22. The van der Waals surface area contributed by atoms with E-state index in [-0.39, 0.29) is 23.4 Å². The average Bonchev–Trinajstić information content (AvgIpc) is 3.47. The molecule has 194 valence electrons. The molecule has 0 aliphatic carbocycles. The van der Waals surface area contributed by atoms with Crippen LogP contribution in [0.2, 0.25) is 0 Å². The second-order valence-corrected chi connectivity index (χ2v) is 11.9. The first kappa shape index (κ1) is 28.2. The number of halogens is 2. The summed E-state index contributed by atoms with van der Waals surface area (Å²) in [7, 11) is 0. The van der Waals surface area contributed by atoms with Gasteiger partial charge in [0.15, 0.2) is 5.13 Å². The van der Waals surface area contributed by atoms with Gasteiger partial charge in [-0.15, -0.1) is 35.0 Å². The Kier molecular flexibility index (Phi) is 10.0. The third kappa shape index (κ3) is 7.83. The van der Waals surface area contributed by atoms with Gasteiger partial charge in [-0.05, 0) is 11.6 Å². The van der Waals surface area contributed by atoms with E-state index in [0.717, 1.165) is 9.97 Å². The molecule has 13 heteroatoms. The molecule has 0 spiro atoms. The van der Waals surface area contributed by atoms with Gasteiger partial charge in [-0.3, -0.25) is 14.9 Å². The van der Waals surface area contributed by atoms with E-state index in [1.165, 1.54) is 29.2 Å². The summed E-state index contributed by atoms with van der Waals surface area (Å²) in [6.07, 6.45) is 3.40. The van der Waals surface area contributed by atoms with Crippen LogP contribution in [0.15, 0.2) is 39.2 Å². The van der Waals surface area contributed by atoms with Gasteiger partial charge in [0.1, 0.15) is 11.4 Å². The molecule has 1 amide bonds. The monoisotopic (exact) mass is 571 g/mol. The standard InChI is InChI=1S/C23H27Cl2N5O4S2/c1-23(2,3)18-12-26-20(34-18)14-35-21-13-27-22(36-21)28-19(31)11-15-4-5-16(17(10-15)30(32)33)29(8-6-24)9-7-25/h4-5,10,12-13H,6-9,11,14H2,1-3H3,(H,27,28,31). The fourth-order valence-electron chi connectivity index (χ4n) is 3.24. The number of rotatable bonds is 12. The second kappa shape index (κ2) is 12.8. The van der Waals surface area contributed by atoms with E-state index in [1.807, 2.05) is 0 Å². The first-order valence-electron chi connectivity index (χ1n) is 11.1. The first-order valence-corrected chi connectivity index (χ1v) is 14.0. The molecule has 0 saturated carbocycles. The zero-order valence-electron chi connectivity index (χ0n) is 20.1. The normalized spacial score (nSPS) is 11.5. The van der Waals surface area contributed by atoms with Crippen LogP contribution in [0.1, 0.15) is 38.0 Å². The smallest absolute Gasteiger partial charge is 0.292 e. The summed E-state index contributed by atoms with van der Waals surface area (Å²) in [6.45, 7) is 7.04. The molecule has 2 aromatic heterocycles. The highest BCUT2D eigenvalue weighted by molar-refractivity contribution is 8.00. The van der Waals surface area contributed by atoms with Gasteiger partial charge in [0.05, 0.1) is 33.7 Å². The van der Waals surface area contributed by atoms with Crippen molar-refractivity contribution in [3.8, 4) is 0 Å². The Hall–Kier alpha value is -2.34. The topological polar surface area (TPSA) is 114 Å². The summed E-state index contributed by atoms with van der Waals surface area (Å²) in [5.41, 5.74) is 0.744. The van der Waals surface area contributed by atoms with E-state index in [9.17, 15) is 14.9 Å². The number of thioether (sulfide) groups is 1. The van der Waals surface area contributed by atoms with Crippen molar-refractivity contribution < 1.29 is 14.1 Å². The number of nitrogens with zero attached hydrogens (tertiary/aromatic N) is 4. The van der Waals surface area contributed by atoms with Crippen LogP contribution in [0, 0.1) is 10.1 Å². The van der Waals surface area contributed by atoms with Gasteiger partial charge in [-0.25, -0.2) is 9.97 Å². The minimum atomic E-state index is -0.463. The predicted molar refractivity (Wildman–Crippen MR) is 146 cm³/mol. The molecule has 0 atom stereocenters. The zero-order chi connectivity index (χ0) is 26.3. The molecule has 0 radical (unpaired) electrons. The largest absolute Gasteiger partial charge is 0.444 e. The maximum Gasteiger partial charge on any atom is 0.292 e. The first-order chi connectivity index (χ1) is 17.1. The van der Waals surface area contributed by atoms with Crippen LogP contribution in [-0.2, 0) is 22.4 Å². The molecular formula is C23H27Cl2N5O4S2. The fourth-order valence-corrected chi connectivity index (χ4v) is 5.39. The summed E-state index contributed by atoms with van der Waals surface area (Å²) < 4.78 is 6.70. The van der Waals surface area contributed by atoms with Crippen LogP contribution >= 0.6 is 46.3 Å². The summed E-state index contributed by atoms with van der Waals surface area (Å²) in [6, 6.07) is 4.74. The molecule has 0 unspecified atom stereocenters. The highest BCUT2D eigenvalue weighted by Gasteiger charge is 2.21. The Balaban J connectivity index is 1.60. The van der Waals surface area contributed by atoms with Crippen LogP contribution < -0.4 is 10.2 Å². The Morgan fingerprint density at radius 3 is 2.56 bits per heavy atom.